The maximum atomic E-state index is 12.9. The third kappa shape index (κ3) is 55.4. The molecule has 0 radical (unpaired) electrons. The highest BCUT2D eigenvalue weighted by Crippen LogP contribution is 2.43. The van der Waals surface area contributed by atoms with Crippen molar-refractivity contribution in [1.82, 2.24) is 0 Å². The lowest BCUT2D eigenvalue weighted by Crippen LogP contribution is -2.30. The van der Waals surface area contributed by atoms with Crippen LogP contribution in [0.4, 0.5) is 0 Å². The predicted molar refractivity (Wildman–Crippen MR) is 316 cm³/mol. The molecule has 0 bridgehead atoms. The van der Waals surface area contributed by atoms with Crippen LogP contribution in [0.25, 0.3) is 0 Å². The molecule has 2 N–H and O–H groups in total. The first kappa shape index (κ1) is 72.7. The van der Waals surface area contributed by atoms with Crippen molar-refractivity contribution >= 4 is 25.7 Å². The van der Waals surface area contributed by atoms with Gasteiger partial charge < -0.3 is 24.2 Å². The molecule has 0 spiro atoms. The van der Waals surface area contributed by atoms with Crippen LogP contribution in [0, 0.1) is 0 Å². The van der Waals surface area contributed by atoms with Crippen molar-refractivity contribution < 1.29 is 52.2 Å². The topological polar surface area (TPSA) is 155 Å². The summed E-state index contributed by atoms with van der Waals surface area (Å²) in [6, 6.07) is 0. The molecule has 12 heteroatoms. The first-order valence-electron chi connectivity index (χ1n) is 30.5. The van der Waals surface area contributed by atoms with E-state index in [0.717, 1.165) is 122 Å². The van der Waals surface area contributed by atoms with Crippen LogP contribution in [0.5, 0.6) is 0 Å². The number of phosphoric ester groups is 1. The Hall–Kier alpha value is -3.34. The fourth-order valence-corrected chi connectivity index (χ4v) is 9.03. The summed E-state index contributed by atoms with van der Waals surface area (Å²) in [6.07, 6.45) is 66.8. The number of aliphatic hydroxyl groups excluding tert-OH is 1. The van der Waals surface area contributed by atoms with Crippen molar-refractivity contribution in [1.29, 1.82) is 0 Å². The third-order valence-electron chi connectivity index (χ3n) is 12.8. The molecule has 0 aromatic heterocycles. The van der Waals surface area contributed by atoms with E-state index in [2.05, 4.69) is 106 Å². The maximum absolute atomic E-state index is 12.9. The van der Waals surface area contributed by atoms with E-state index in [1.807, 2.05) is 0 Å². The summed E-state index contributed by atoms with van der Waals surface area (Å²) < 4.78 is 39.6. The zero-order chi connectivity index (χ0) is 55.5. The first-order chi connectivity index (χ1) is 37.2. The lowest BCUT2D eigenvalue weighted by atomic mass is 10.0. The Bertz CT molecular complexity index is 1600. The highest BCUT2D eigenvalue weighted by molar-refractivity contribution is 7.47. The molecule has 76 heavy (non-hydrogen) atoms. The molecule has 3 atom stereocenters. The van der Waals surface area contributed by atoms with Crippen LogP contribution >= 0.6 is 7.82 Å². The number of carbonyl (C=O) groups is 3. The van der Waals surface area contributed by atoms with Gasteiger partial charge in [0.2, 0.25) is 0 Å². The number of phosphoric acid groups is 1. The van der Waals surface area contributed by atoms with Gasteiger partial charge in [0.15, 0.2) is 6.10 Å². The van der Waals surface area contributed by atoms with Gasteiger partial charge in [-0.1, -0.05) is 241 Å². The Morgan fingerprint density at radius 3 is 1.05 bits per heavy atom. The summed E-state index contributed by atoms with van der Waals surface area (Å²) in [5.41, 5.74) is 0. The number of ether oxygens (including phenoxy) is 3. The van der Waals surface area contributed by atoms with Gasteiger partial charge in [-0.25, -0.2) is 4.57 Å². The van der Waals surface area contributed by atoms with E-state index in [0.29, 0.717) is 19.3 Å². The molecule has 0 rings (SSSR count). The number of rotatable bonds is 56. The van der Waals surface area contributed by atoms with Gasteiger partial charge >= 0.3 is 25.7 Å². The Kier molecular flexibility index (Phi) is 55.3. The van der Waals surface area contributed by atoms with Crippen molar-refractivity contribution in [2.24, 2.45) is 0 Å². The molecule has 0 fully saturated rings. The molecule has 0 amide bonds. The Balaban J connectivity index is 4.76. The Morgan fingerprint density at radius 2 is 0.684 bits per heavy atom. The second-order valence-corrected chi connectivity index (χ2v) is 21.6. The van der Waals surface area contributed by atoms with Crippen molar-refractivity contribution in [3.8, 4) is 0 Å². The second kappa shape index (κ2) is 57.8. The summed E-state index contributed by atoms with van der Waals surface area (Å²) in [5.74, 6) is -1.50. The van der Waals surface area contributed by atoms with Crippen LogP contribution < -0.4 is 0 Å². The summed E-state index contributed by atoms with van der Waals surface area (Å²) in [4.78, 5) is 48.6. The van der Waals surface area contributed by atoms with E-state index >= 15 is 0 Å². The highest BCUT2D eigenvalue weighted by atomic mass is 31.2. The Morgan fingerprint density at radius 1 is 0.382 bits per heavy atom. The maximum Gasteiger partial charge on any atom is 0.472 e. The number of hydrogen-bond donors (Lipinski definition) is 2. The number of hydrogen-bond acceptors (Lipinski definition) is 10. The van der Waals surface area contributed by atoms with Crippen molar-refractivity contribution in [2.45, 2.75) is 277 Å². The molecule has 0 saturated heterocycles. The lowest BCUT2D eigenvalue weighted by Gasteiger charge is -2.21. The quantitative estimate of drug-likeness (QED) is 0.0197. The monoisotopic (exact) mass is 1090 g/mol. The predicted octanol–water partition coefficient (Wildman–Crippen LogP) is 18.3. The molecule has 11 nitrogen and oxygen atoms in total. The van der Waals surface area contributed by atoms with E-state index in [9.17, 15) is 28.9 Å². The van der Waals surface area contributed by atoms with Gasteiger partial charge in [-0.3, -0.25) is 23.4 Å². The second-order valence-electron chi connectivity index (χ2n) is 20.1. The number of allylic oxidation sites excluding steroid dienone is 14. The zero-order valence-corrected chi connectivity index (χ0v) is 49.3. The van der Waals surface area contributed by atoms with Gasteiger partial charge in [0.25, 0.3) is 0 Å². The normalized spacial score (nSPS) is 13.9. The minimum absolute atomic E-state index is 0.137. The van der Waals surface area contributed by atoms with E-state index in [4.69, 9.17) is 23.3 Å². The molecule has 438 valence electrons. The fraction of sp³-hybridized carbons (Fsp3) is 0.734. The van der Waals surface area contributed by atoms with Crippen molar-refractivity contribution in [3.63, 3.8) is 0 Å². The molecule has 0 aromatic rings. The highest BCUT2D eigenvalue weighted by Gasteiger charge is 2.28. The molecule has 0 aliphatic heterocycles. The van der Waals surface area contributed by atoms with E-state index in [-0.39, 0.29) is 25.9 Å². The minimum atomic E-state index is -4.76. The van der Waals surface area contributed by atoms with Crippen LogP contribution in [0.2, 0.25) is 0 Å². The summed E-state index contributed by atoms with van der Waals surface area (Å²) >= 11 is 0. The summed E-state index contributed by atoms with van der Waals surface area (Å²) in [7, 11) is -4.76. The molecule has 0 aliphatic rings. The molecule has 0 heterocycles. The number of unbranched alkanes of at least 4 members (excludes halogenated alkanes) is 25. The van der Waals surface area contributed by atoms with Crippen LogP contribution in [0.3, 0.4) is 0 Å². The fourth-order valence-electron chi connectivity index (χ4n) is 8.25. The Labute approximate surface area is 464 Å². The minimum Gasteiger partial charge on any atom is -0.462 e. The molecular weight excluding hydrogens is 976 g/mol. The largest absolute Gasteiger partial charge is 0.472 e. The van der Waals surface area contributed by atoms with Gasteiger partial charge in [0.05, 0.1) is 19.8 Å². The lowest BCUT2D eigenvalue weighted by molar-refractivity contribution is -0.161. The van der Waals surface area contributed by atoms with Crippen LogP contribution in [0.1, 0.15) is 265 Å². The number of carbonyl (C=O) groups excluding carboxylic acids is 3. The molecule has 0 saturated carbocycles. The van der Waals surface area contributed by atoms with Gasteiger partial charge in [-0.15, -0.1) is 0 Å². The van der Waals surface area contributed by atoms with Gasteiger partial charge in [-0.2, -0.15) is 0 Å². The van der Waals surface area contributed by atoms with Gasteiger partial charge in [-0.05, 0) is 89.9 Å². The molecule has 3 unspecified atom stereocenters. The average molecular weight is 1090 g/mol. The molecular formula is C64H111O11P. The summed E-state index contributed by atoms with van der Waals surface area (Å²) in [5, 5.41) is 9.83. The SMILES string of the molecule is CC/C=C\C/C=C\C/C=C\C/C=C\CCCCCCC(=O)OC(COC(=O)CCCCCCCCCCCCCCCCCCC)COP(=O)(O)OCC(CO)OC(=O)CCCCCCC/C=C\C/C=C\C/C=C\CC. The standard InChI is InChI=1S/C64H111O11P/c1-4-7-10-13-16-19-22-25-28-30-33-35-38-41-44-47-50-53-62(66)71-57-61(75-64(68)55-52-49-46-43-40-37-34-31-29-26-23-20-17-14-11-8-5-2)59-73-76(69,70)72-58-60(56-65)74-63(67)54-51-48-45-42-39-36-32-27-24-21-18-15-12-9-6-3/h8-9,11-12,17-18,20-21,26-27,29,32,34,37,60-61,65H,4-7,10,13-16,19,22-25,28,30-31,33,35-36,38-59H2,1-3H3,(H,69,70)/b11-8-,12-9-,20-17-,21-18-,29-26-,32-27-,37-34-. The molecule has 0 aliphatic carbocycles. The first-order valence-corrected chi connectivity index (χ1v) is 32.0. The summed E-state index contributed by atoms with van der Waals surface area (Å²) in [6.45, 7) is 4.40. The van der Waals surface area contributed by atoms with Gasteiger partial charge in [0, 0.05) is 19.3 Å². The smallest absolute Gasteiger partial charge is 0.462 e. The molecule has 0 aromatic carbocycles. The van der Waals surface area contributed by atoms with Gasteiger partial charge in [0.1, 0.15) is 12.7 Å². The van der Waals surface area contributed by atoms with E-state index in [1.165, 1.54) is 83.5 Å². The van der Waals surface area contributed by atoms with E-state index < -0.39 is 57.8 Å². The zero-order valence-electron chi connectivity index (χ0n) is 48.5. The third-order valence-corrected chi connectivity index (χ3v) is 13.8. The van der Waals surface area contributed by atoms with Crippen molar-refractivity contribution in [3.05, 3.63) is 85.1 Å². The number of aliphatic hydroxyl groups is 1. The average Bonchev–Trinajstić information content (AvgIpc) is 3.41. The van der Waals surface area contributed by atoms with Crippen LogP contribution in [0.15, 0.2) is 85.1 Å². The van der Waals surface area contributed by atoms with Crippen LogP contribution in [-0.2, 0) is 42.2 Å². The van der Waals surface area contributed by atoms with E-state index in [1.54, 1.807) is 0 Å². The number of esters is 3. The van der Waals surface area contributed by atoms with Crippen LogP contribution in [-0.4, -0.2) is 66.5 Å². The van der Waals surface area contributed by atoms with Crippen molar-refractivity contribution in [2.75, 3.05) is 26.4 Å².